The zero-order valence-corrected chi connectivity index (χ0v) is 14.4. The number of carbonyl (C=O) groups excluding carboxylic acids is 1. The Morgan fingerprint density at radius 1 is 1.38 bits per heavy atom. The summed E-state index contributed by atoms with van der Waals surface area (Å²) in [5.41, 5.74) is -0.118. The van der Waals surface area contributed by atoms with Crippen molar-refractivity contribution in [2.24, 2.45) is 16.2 Å². The fourth-order valence-electron chi connectivity index (χ4n) is 3.92. The van der Waals surface area contributed by atoms with Crippen LogP contribution in [0.25, 0.3) is 0 Å². The summed E-state index contributed by atoms with van der Waals surface area (Å²) in [4.78, 5) is 12.4. The predicted molar refractivity (Wildman–Crippen MR) is 76.3 cm³/mol. The van der Waals surface area contributed by atoms with Crippen molar-refractivity contribution in [2.45, 2.75) is 35.3 Å². The third kappa shape index (κ3) is 1.07. The smallest absolute Gasteiger partial charge is 0.227 e. The van der Waals surface area contributed by atoms with Gasteiger partial charge in [0.2, 0.25) is 5.91 Å². The van der Waals surface area contributed by atoms with E-state index < -0.39 is 0 Å². The number of halogens is 3. The maximum atomic E-state index is 12.2. The molecule has 0 saturated heterocycles. The van der Waals surface area contributed by atoms with Crippen LogP contribution < -0.4 is 5.32 Å². The van der Waals surface area contributed by atoms with Gasteiger partial charge in [0.15, 0.2) is 0 Å². The first-order valence-electron chi connectivity index (χ1n) is 5.43. The lowest BCUT2D eigenvalue weighted by Gasteiger charge is -2.66. The summed E-state index contributed by atoms with van der Waals surface area (Å²) >= 11 is 11.1. The molecule has 3 rings (SSSR count). The molecule has 0 aromatic carbocycles. The van der Waals surface area contributed by atoms with Gasteiger partial charge in [0.05, 0.1) is 9.15 Å². The molecule has 16 heavy (non-hydrogen) atoms. The Morgan fingerprint density at radius 2 is 1.94 bits per heavy atom. The second-order valence-electron chi connectivity index (χ2n) is 5.38. The van der Waals surface area contributed by atoms with E-state index in [-0.39, 0.29) is 30.7 Å². The molecule has 1 amide bonds. The molecular weight excluding hydrogens is 402 g/mol. The predicted octanol–water partition coefficient (Wildman–Crippen LogP) is 3.42. The summed E-state index contributed by atoms with van der Waals surface area (Å²) < 4.78 is 0.243. The highest BCUT2D eigenvalue weighted by atomic mass is 79.9. The van der Waals surface area contributed by atoms with Crippen LogP contribution >= 0.6 is 47.8 Å². The first-order valence-corrected chi connectivity index (χ1v) is 8.18. The summed E-state index contributed by atoms with van der Waals surface area (Å²) in [6.07, 6.45) is 2.04. The zero-order valence-electron chi connectivity index (χ0n) is 9.61. The Hall–Kier alpha value is 0.910. The summed E-state index contributed by atoms with van der Waals surface area (Å²) in [7, 11) is 1.73. The zero-order chi connectivity index (χ0) is 12.4. The van der Waals surface area contributed by atoms with Crippen LogP contribution in [0.1, 0.15) is 26.7 Å². The van der Waals surface area contributed by atoms with E-state index in [0.29, 0.717) is 0 Å². The molecule has 0 spiro atoms. The minimum absolute atomic E-state index is 0.00588. The monoisotopic (exact) mass is 415 g/mol. The van der Waals surface area contributed by atoms with Crippen LogP contribution in [0.4, 0.5) is 0 Å². The van der Waals surface area contributed by atoms with Gasteiger partial charge >= 0.3 is 0 Å². The van der Waals surface area contributed by atoms with Crippen molar-refractivity contribution in [3.63, 3.8) is 0 Å². The Bertz CT molecular complexity index is 344. The van der Waals surface area contributed by atoms with Gasteiger partial charge in [-0.3, -0.25) is 4.79 Å². The van der Waals surface area contributed by atoms with Crippen molar-refractivity contribution in [1.29, 1.82) is 0 Å². The van der Waals surface area contributed by atoms with E-state index in [0.717, 1.165) is 12.8 Å². The van der Waals surface area contributed by atoms with E-state index in [2.05, 4.69) is 67.0 Å². The minimum Gasteiger partial charge on any atom is -0.359 e. The van der Waals surface area contributed by atoms with E-state index in [1.807, 2.05) is 0 Å². The molecule has 0 aromatic rings. The Balaban J connectivity index is 2.46. The van der Waals surface area contributed by atoms with Gasteiger partial charge in [-0.25, -0.2) is 0 Å². The molecule has 5 heteroatoms. The lowest BCUT2D eigenvalue weighted by Crippen LogP contribution is -2.71. The van der Waals surface area contributed by atoms with Crippen LogP contribution in [0.2, 0.25) is 0 Å². The van der Waals surface area contributed by atoms with Crippen molar-refractivity contribution in [3.05, 3.63) is 0 Å². The molecule has 2 bridgehead atoms. The standard InChI is InChI=1S/C11H16Br3NO/c1-9(2)10(7(13)14)4-5-11(9,6(10)12)8(16)15-3/h6-7H,4-5H2,1-3H3,(H,15,16)/t6-,10+,11+/m1/s1. The molecule has 0 aromatic heterocycles. The number of hydrogen-bond acceptors (Lipinski definition) is 1. The molecule has 0 unspecified atom stereocenters. The van der Waals surface area contributed by atoms with Crippen molar-refractivity contribution in [3.8, 4) is 0 Å². The van der Waals surface area contributed by atoms with Gasteiger partial charge in [-0.05, 0) is 18.3 Å². The van der Waals surface area contributed by atoms with Crippen molar-refractivity contribution in [1.82, 2.24) is 5.32 Å². The second-order valence-corrected chi connectivity index (χ2v) is 9.35. The highest BCUT2D eigenvalue weighted by molar-refractivity contribution is 9.24. The highest BCUT2D eigenvalue weighted by Crippen LogP contribution is 2.82. The number of alkyl halides is 3. The largest absolute Gasteiger partial charge is 0.359 e. The maximum absolute atomic E-state index is 12.2. The average Bonchev–Trinajstić information content (AvgIpc) is 2.66. The van der Waals surface area contributed by atoms with Crippen LogP contribution in [0.15, 0.2) is 0 Å². The first kappa shape index (κ1) is 13.3. The molecule has 3 aliphatic carbocycles. The average molecular weight is 418 g/mol. The molecular formula is C11H16Br3NO. The number of fused-ring (bicyclic) bond motifs is 1. The fourth-order valence-corrected chi connectivity index (χ4v) is 8.84. The molecule has 0 radical (unpaired) electrons. The third-order valence-corrected chi connectivity index (χ3v) is 8.35. The van der Waals surface area contributed by atoms with Gasteiger partial charge < -0.3 is 5.32 Å². The van der Waals surface area contributed by atoms with Crippen LogP contribution in [0.3, 0.4) is 0 Å². The van der Waals surface area contributed by atoms with Gasteiger partial charge in [0.25, 0.3) is 0 Å². The topological polar surface area (TPSA) is 29.1 Å². The molecule has 92 valence electrons. The summed E-state index contributed by atoms with van der Waals surface area (Å²) in [6.45, 7) is 4.42. The second kappa shape index (κ2) is 3.70. The van der Waals surface area contributed by atoms with Gasteiger partial charge in [-0.15, -0.1) is 0 Å². The first-order chi connectivity index (χ1) is 7.29. The Kier molecular flexibility index (Phi) is 3.09. The van der Waals surface area contributed by atoms with Gasteiger partial charge in [-0.1, -0.05) is 61.6 Å². The van der Waals surface area contributed by atoms with Gasteiger partial charge in [-0.2, -0.15) is 0 Å². The number of amides is 1. The number of nitrogens with one attached hydrogen (secondary N) is 1. The van der Waals surface area contributed by atoms with Crippen molar-refractivity contribution < 1.29 is 4.79 Å². The lowest BCUT2D eigenvalue weighted by molar-refractivity contribution is -0.161. The van der Waals surface area contributed by atoms with Gasteiger partial charge in [0, 0.05) is 17.3 Å². The summed E-state index contributed by atoms with van der Waals surface area (Å²) in [6, 6.07) is 0. The molecule has 2 nitrogen and oxygen atoms in total. The van der Waals surface area contributed by atoms with E-state index in [4.69, 9.17) is 0 Å². The third-order valence-electron chi connectivity index (χ3n) is 5.12. The van der Waals surface area contributed by atoms with Crippen LogP contribution in [-0.4, -0.2) is 21.5 Å². The number of rotatable bonds is 2. The Labute approximate surface area is 122 Å². The van der Waals surface area contributed by atoms with Crippen LogP contribution in [-0.2, 0) is 4.79 Å². The highest BCUT2D eigenvalue weighted by Gasteiger charge is 2.83. The molecule has 0 aliphatic heterocycles. The SMILES string of the molecule is CNC(=O)[C@]12CC[C@@](C(Br)Br)([C@H]1Br)C2(C)C. The molecule has 3 saturated carbocycles. The molecule has 1 N–H and O–H groups in total. The van der Waals surface area contributed by atoms with Crippen LogP contribution in [0.5, 0.6) is 0 Å². The van der Waals surface area contributed by atoms with Gasteiger partial charge in [0.1, 0.15) is 0 Å². The lowest BCUT2D eigenvalue weighted by atomic mass is 9.43. The van der Waals surface area contributed by atoms with Crippen molar-refractivity contribution >= 4 is 53.7 Å². The minimum atomic E-state index is -0.248. The summed E-state index contributed by atoms with van der Waals surface area (Å²) in [5, 5.41) is 2.83. The number of carbonyl (C=O) groups is 1. The molecule has 3 aliphatic rings. The van der Waals surface area contributed by atoms with E-state index in [9.17, 15) is 4.79 Å². The van der Waals surface area contributed by atoms with E-state index in [1.54, 1.807) is 7.05 Å². The van der Waals surface area contributed by atoms with Crippen LogP contribution in [0, 0.1) is 16.2 Å². The quantitative estimate of drug-likeness (QED) is 0.685. The summed E-state index contributed by atoms with van der Waals surface area (Å²) in [5.74, 6) is 0.174. The number of hydrogen-bond donors (Lipinski definition) is 1. The van der Waals surface area contributed by atoms with E-state index in [1.165, 1.54) is 0 Å². The van der Waals surface area contributed by atoms with E-state index >= 15 is 0 Å². The molecule has 3 fully saturated rings. The normalized spacial score (nSPS) is 44.3. The van der Waals surface area contributed by atoms with Crippen molar-refractivity contribution in [2.75, 3.05) is 7.05 Å². The molecule has 3 atom stereocenters. The fraction of sp³-hybridized carbons (Fsp3) is 0.909. The Morgan fingerprint density at radius 3 is 2.25 bits per heavy atom. The molecule has 0 heterocycles. The maximum Gasteiger partial charge on any atom is 0.227 e.